The lowest BCUT2D eigenvalue weighted by molar-refractivity contribution is -0.384. The molecule has 4 nitrogen and oxygen atoms in total. The number of carbonyl (C=O) groups excluding carboxylic acids is 1. The summed E-state index contributed by atoms with van der Waals surface area (Å²) < 4.78 is 0. The molecule has 0 atom stereocenters. The fourth-order valence-corrected chi connectivity index (χ4v) is 2.35. The number of carbonyl (C=O) groups is 1. The Hall–Kier alpha value is -3.27. The molecule has 0 aliphatic heterocycles. The Kier molecular flexibility index (Phi) is 3.97. The first-order valence-corrected chi connectivity index (χ1v) is 7.10. The molecule has 3 rings (SSSR count). The summed E-state index contributed by atoms with van der Waals surface area (Å²) in [5.41, 5.74) is 3.10. The number of hydrogen-bond donors (Lipinski definition) is 0. The lowest BCUT2D eigenvalue weighted by atomic mass is 9.99. The fraction of sp³-hybridized carbons (Fsp3) is 0. The first-order valence-electron chi connectivity index (χ1n) is 7.10. The average Bonchev–Trinajstić information content (AvgIpc) is 2.62. The van der Waals surface area contributed by atoms with E-state index in [1.165, 1.54) is 12.1 Å². The molecule has 0 bridgehead atoms. The van der Waals surface area contributed by atoms with E-state index in [0.717, 1.165) is 11.1 Å². The van der Waals surface area contributed by atoms with E-state index in [1.54, 1.807) is 36.4 Å². The summed E-state index contributed by atoms with van der Waals surface area (Å²) in [6, 6.07) is 22.7. The molecule has 0 saturated heterocycles. The van der Waals surface area contributed by atoms with Crippen LogP contribution in [0.1, 0.15) is 15.9 Å². The van der Waals surface area contributed by atoms with Crippen molar-refractivity contribution in [3.63, 3.8) is 0 Å². The SMILES string of the molecule is O=C(c1ccccc1)c1ccc(-c2ccc([N+](=O)[O-])cc2)cc1. The van der Waals surface area contributed by atoms with E-state index in [1.807, 2.05) is 30.3 Å². The van der Waals surface area contributed by atoms with Crippen LogP contribution in [0.5, 0.6) is 0 Å². The van der Waals surface area contributed by atoms with Gasteiger partial charge in [0.25, 0.3) is 5.69 Å². The first kappa shape index (κ1) is 14.7. The van der Waals surface area contributed by atoms with Gasteiger partial charge in [-0.25, -0.2) is 0 Å². The highest BCUT2D eigenvalue weighted by Gasteiger charge is 2.09. The van der Waals surface area contributed by atoms with E-state index in [-0.39, 0.29) is 11.5 Å². The molecule has 0 saturated carbocycles. The summed E-state index contributed by atoms with van der Waals surface area (Å²) in [4.78, 5) is 22.6. The van der Waals surface area contributed by atoms with Gasteiger partial charge >= 0.3 is 0 Å². The van der Waals surface area contributed by atoms with Gasteiger partial charge in [-0.2, -0.15) is 0 Å². The second kappa shape index (κ2) is 6.23. The third-order valence-corrected chi connectivity index (χ3v) is 3.59. The molecular formula is C19H13NO3. The summed E-state index contributed by atoms with van der Waals surface area (Å²) in [7, 11) is 0. The van der Waals surface area contributed by atoms with E-state index in [2.05, 4.69) is 0 Å². The maximum absolute atomic E-state index is 12.3. The predicted molar refractivity (Wildman–Crippen MR) is 88.4 cm³/mol. The quantitative estimate of drug-likeness (QED) is 0.405. The van der Waals surface area contributed by atoms with Gasteiger partial charge < -0.3 is 0 Å². The Bertz CT molecular complexity index is 838. The van der Waals surface area contributed by atoms with E-state index < -0.39 is 4.92 Å². The number of nitro benzene ring substituents is 1. The van der Waals surface area contributed by atoms with Gasteiger partial charge in [0.1, 0.15) is 0 Å². The number of non-ortho nitro benzene ring substituents is 1. The topological polar surface area (TPSA) is 60.2 Å². The lowest BCUT2D eigenvalue weighted by Crippen LogP contribution is -2.00. The molecule has 0 radical (unpaired) electrons. The minimum absolute atomic E-state index is 0.0270. The average molecular weight is 303 g/mol. The van der Waals surface area contributed by atoms with Gasteiger partial charge in [-0.1, -0.05) is 54.6 Å². The molecule has 3 aromatic rings. The standard InChI is InChI=1S/C19H13NO3/c21-19(16-4-2-1-3-5-16)17-8-6-14(7-9-17)15-10-12-18(13-11-15)20(22)23/h1-13H. The summed E-state index contributed by atoms with van der Waals surface area (Å²) in [6.07, 6.45) is 0. The lowest BCUT2D eigenvalue weighted by Gasteiger charge is -2.04. The molecule has 0 heterocycles. The van der Waals surface area contributed by atoms with E-state index in [9.17, 15) is 14.9 Å². The van der Waals surface area contributed by atoms with Gasteiger partial charge in [-0.05, 0) is 23.3 Å². The van der Waals surface area contributed by atoms with Gasteiger partial charge in [-0.15, -0.1) is 0 Å². The molecule has 0 aromatic heterocycles. The van der Waals surface area contributed by atoms with Crippen LogP contribution in [0.25, 0.3) is 11.1 Å². The van der Waals surface area contributed by atoms with Gasteiger partial charge in [0, 0.05) is 23.3 Å². The highest BCUT2D eigenvalue weighted by Crippen LogP contribution is 2.23. The van der Waals surface area contributed by atoms with E-state index in [4.69, 9.17) is 0 Å². The van der Waals surface area contributed by atoms with Crippen LogP contribution in [0.4, 0.5) is 5.69 Å². The number of benzene rings is 3. The first-order chi connectivity index (χ1) is 11.1. The van der Waals surface area contributed by atoms with Crippen molar-refractivity contribution in [3.8, 4) is 11.1 Å². The van der Waals surface area contributed by atoms with E-state index >= 15 is 0 Å². The van der Waals surface area contributed by atoms with Crippen molar-refractivity contribution in [2.75, 3.05) is 0 Å². The molecule has 0 spiro atoms. The maximum atomic E-state index is 12.3. The van der Waals surface area contributed by atoms with Crippen LogP contribution in [0.15, 0.2) is 78.9 Å². The van der Waals surface area contributed by atoms with Crippen LogP contribution in [-0.2, 0) is 0 Å². The molecule has 0 aliphatic rings. The zero-order valence-electron chi connectivity index (χ0n) is 12.2. The maximum Gasteiger partial charge on any atom is 0.269 e. The summed E-state index contributed by atoms with van der Waals surface area (Å²) >= 11 is 0. The summed E-state index contributed by atoms with van der Waals surface area (Å²) in [6.45, 7) is 0. The Morgan fingerprint density at radius 2 is 1.17 bits per heavy atom. The molecule has 4 heteroatoms. The molecule has 23 heavy (non-hydrogen) atoms. The number of ketones is 1. The summed E-state index contributed by atoms with van der Waals surface area (Å²) in [5.74, 6) is -0.0270. The van der Waals surface area contributed by atoms with Crippen molar-refractivity contribution in [1.82, 2.24) is 0 Å². The zero-order valence-corrected chi connectivity index (χ0v) is 12.2. The van der Waals surface area contributed by atoms with Crippen LogP contribution in [-0.4, -0.2) is 10.7 Å². The van der Waals surface area contributed by atoms with Crippen molar-refractivity contribution < 1.29 is 9.72 Å². The van der Waals surface area contributed by atoms with Crippen LogP contribution < -0.4 is 0 Å². The highest BCUT2D eigenvalue weighted by molar-refractivity contribution is 6.09. The van der Waals surface area contributed by atoms with Crippen molar-refractivity contribution in [3.05, 3.63) is 100 Å². The Morgan fingerprint density at radius 1 is 0.696 bits per heavy atom. The van der Waals surface area contributed by atoms with Crippen molar-refractivity contribution in [2.24, 2.45) is 0 Å². The van der Waals surface area contributed by atoms with Crippen molar-refractivity contribution in [1.29, 1.82) is 0 Å². The molecule has 0 unspecified atom stereocenters. The number of hydrogen-bond acceptors (Lipinski definition) is 3. The Morgan fingerprint density at radius 3 is 1.70 bits per heavy atom. The van der Waals surface area contributed by atoms with Crippen molar-refractivity contribution in [2.45, 2.75) is 0 Å². The Labute approximate surface area is 133 Å². The third-order valence-electron chi connectivity index (χ3n) is 3.59. The smallest absolute Gasteiger partial charge is 0.269 e. The monoisotopic (exact) mass is 303 g/mol. The number of rotatable bonds is 4. The van der Waals surface area contributed by atoms with Gasteiger partial charge in [0.15, 0.2) is 5.78 Å². The second-order valence-corrected chi connectivity index (χ2v) is 5.08. The number of nitrogens with zero attached hydrogens (tertiary/aromatic N) is 1. The molecule has 0 N–H and O–H groups in total. The fourth-order valence-electron chi connectivity index (χ4n) is 2.35. The van der Waals surface area contributed by atoms with Crippen LogP contribution in [0.3, 0.4) is 0 Å². The van der Waals surface area contributed by atoms with Gasteiger partial charge in [-0.3, -0.25) is 14.9 Å². The molecule has 112 valence electrons. The van der Waals surface area contributed by atoms with Crippen LogP contribution in [0, 0.1) is 10.1 Å². The molecule has 0 aliphatic carbocycles. The molecule has 0 fully saturated rings. The van der Waals surface area contributed by atoms with E-state index in [0.29, 0.717) is 11.1 Å². The highest BCUT2D eigenvalue weighted by atomic mass is 16.6. The van der Waals surface area contributed by atoms with Crippen LogP contribution >= 0.6 is 0 Å². The minimum atomic E-state index is -0.425. The minimum Gasteiger partial charge on any atom is -0.289 e. The molecule has 3 aromatic carbocycles. The number of nitro groups is 1. The third kappa shape index (κ3) is 3.16. The van der Waals surface area contributed by atoms with Crippen LogP contribution in [0.2, 0.25) is 0 Å². The van der Waals surface area contributed by atoms with Gasteiger partial charge in [0.2, 0.25) is 0 Å². The Balaban J connectivity index is 1.84. The normalized spacial score (nSPS) is 10.3. The second-order valence-electron chi connectivity index (χ2n) is 5.08. The van der Waals surface area contributed by atoms with Gasteiger partial charge in [0.05, 0.1) is 4.92 Å². The zero-order chi connectivity index (χ0) is 16.2. The molecule has 0 amide bonds. The van der Waals surface area contributed by atoms with Crippen molar-refractivity contribution >= 4 is 11.5 Å². The summed E-state index contributed by atoms with van der Waals surface area (Å²) in [5, 5.41) is 10.7. The predicted octanol–water partition coefficient (Wildman–Crippen LogP) is 4.49. The largest absolute Gasteiger partial charge is 0.289 e. The molecular weight excluding hydrogens is 290 g/mol.